The van der Waals surface area contributed by atoms with Crippen molar-refractivity contribution in [3.8, 4) is 0 Å². The van der Waals surface area contributed by atoms with Crippen molar-refractivity contribution < 1.29 is 79.2 Å². The van der Waals surface area contributed by atoms with E-state index in [1.165, 1.54) is 0 Å². The molecule has 164 valence electrons. The van der Waals surface area contributed by atoms with E-state index in [1.54, 1.807) is 0 Å². The fourth-order valence-electron chi connectivity index (χ4n) is 1.25. The van der Waals surface area contributed by atoms with E-state index in [4.69, 9.17) is 0 Å². The van der Waals surface area contributed by atoms with Gasteiger partial charge in [0.15, 0.2) is 0 Å². The lowest BCUT2D eigenvalue weighted by molar-refractivity contribution is -0.460. The molecule has 27 heavy (non-hydrogen) atoms. The van der Waals surface area contributed by atoms with Gasteiger partial charge in [0, 0.05) is 0 Å². The second-order valence-corrected chi connectivity index (χ2v) is 4.59. The topological polar surface area (TPSA) is 3.24 Å². The van der Waals surface area contributed by atoms with Crippen molar-refractivity contribution in [1.29, 1.82) is 0 Å². The summed E-state index contributed by atoms with van der Waals surface area (Å²) >= 11 is 0. The van der Waals surface area contributed by atoms with Crippen LogP contribution in [0.4, 0.5) is 79.2 Å². The van der Waals surface area contributed by atoms with Crippen LogP contribution in [0, 0.1) is 0 Å². The van der Waals surface area contributed by atoms with Crippen LogP contribution in [0.15, 0.2) is 0 Å². The Labute approximate surface area is 134 Å². The van der Waals surface area contributed by atoms with Crippen LogP contribution in [-0.4, -0.2) is 53.4 Å². The molecule has 0 N–H and O–H groups in total. The van der Waals surface area contributed by atoms with Crippen LogP contribution in [0.25, 0.3) is 0 Å². The Balaban J connectivity index is 6.56. The highest BCUT2D eigenvalue weighted by Crippen LogP contribution is 2.62. The first-order valence-electron chi connectivity index (χ1n) is 5.44. The van der Waals surface area contributed by atoms with Gasteiger partial charge in [-0.05, 0) is 0 Å². The van der Waals surface area contributed by atoms with E-state index >= 15 is 0 Å². The van der Waals surface area contributed by atoms with Crippen molar-refractivity contribution in [2.24, 2.45) is 0 Å². The predicted molar refractivity (Wildman–Crippen MR) is 44.7 cm³/mol. The molecule has 0 aromatic heterocycles. The molecule has 0 spiro atoms. The van der Waals surface area contributed by atoms with E-state index in [-0.39, 0.29) is 0 Å². The Bertz CT molecular complexity index is 530. The summed E-state index contributed by atoms with van der Waals surface area (Å²) in [5, 5.41) is -3.61. The molecule has 1 nitrogen and oxygen atoms in total. The smallest absolute Gasteiger partial charge is 0.217 e. The normalized spacial score (nSPS) is 17.4. The molecule has 0 bridgehead atoms. The second-order valence-electron chi connectivity index (χ2n) is 4.59. The monoisotopic (exact) mass is 453 g/mol. The zero-order valence-corrected chi connectivity index (χ0v) is 11.3. The van der Waals surface area contributed by atoms with Crippen molar-refractivity contribution in [2.45, 2.75) is 48.0 Å². The third-order valence-electron chi connectivity index (χ3n) is 2.82. The van der Waals surface area contributed by atoms with Crippen molar-refractivity contribution in [1.82, 2.24) is 5.34 Å². The highest BCUT2D eigenvalue weighted by Gasteiger charge is 2.94. The zero-order valence-electron chi connectivity index (χ0n) is 11.3. The van der Waals surface area contributed by atoms with E-state index in [9.17, 15) is 79.2 Å². The molecule has 0 aromatic rings. The van der Waals surface area contributed by atoms with Crippen molar-refractivity contribution >= 4 is 0 Å². The highest BCUT2D eigenvalue weighted by atomic mass is 19.4. The number of alkyl halides is 16. The Morgan fingerprint density at radius 2 is 0.704 bits per heavy atom. The average molecular weight is 453 g/mol. The van der Waals surface area contributed by atoms with Crippen molar-refractivity contribution in [3.05, 3.63) is 0 Å². The lowest BCUT2D eigenvalue weighted by Crippen LogP contribution is -2.73. The summed E-state index contributed by atoms with van der Waals surface area (Å²) in [5.41, 5.74) is 0. The molecule has 19 heteroatoms. The van der Waals surface area contributed by atoms with E-state index in [0.29, 0.717) is 0 Å². The minimum absolute atomic E-state index is 3.61. The van der Waals surface area contributed by atoms with Crippen LogP contribution in [-0.2, 0) is 0 Å². The van der Waals surface area contributed by atoms with Gasteiger partial charge in [0.1, 0.15) is 0 Å². The molecule has 0 saturated heterocycles. The van der Waals surface area contributed by atoms with Gasteiger partial charge in [0.2, 0.25) is 0 Å². The summed E-state index contributed by atoms with van der Waals surface area (Å²) in [6, 6.07) is 0. The Morgan fingerprint density at radius 1 is 0.444 bits per heavy atom. The summed E-state index contributed by atoms with van der Waals surface area (Å²) in [4.78, 5) is 0. The molecule has 0 amide bonds. The Hall–Kier alpha value is -1.30. The molecule has 0 heterocycles. The van der Waals surface area contributed by atoms with Gasteiger partial charge in [-0.15, -0.1) is 0 Å². The molecule has 0 radical (unpaired) electrons. The van der Waals surface area contributed by atoms with E-state index in [0.717, 1.165) is 0 Å². The third-order valence-corrected chi connectivity index (χ3v) is 2.82. The third kappa shape index (κ3) is 3.24. The summed E-state index contributed by atoms with van der Waals surface area (Å²) in [5.74, 6) is -49.9. The number of halogens is 18. The first-order chi connectivity index (χ1) is 11.4. The van der Waals surface area contributed by atoms with Gasteiger partial charge in [0.25, 0.3) is 6.30 Å². The molecular weight excluding hydrogens is 452 g/mol. The van der Waals surface area contributed by atoms with Gasteiger partial charge in [-0.25, -0.2) is 4.39 Å². The molecule has 0 aliphatic carbocycles. The molecular formula is C8HF18N. The van der Waals surface area contributed by atoms with Gasteiger partial charge >= 0.3 is 41.7 Å². The summed E-state index contributed by atoms with van der Waals surface area (Å²) in [6.07, 6.45) is -13.7. The van der Waals surface area contributed by atoms with Gasteiger partial charge in [-0.2, -0.15) is 65.9 Å². The van der Waals surface area contributed by atoms with E-state index in [2.05, 4.69) is 0 Å². The van der Waals surface area contributed by atoms with Crippen LogP contribution < -0.4 is 0 Å². The largest absolute Gasteiger partial charge is 0.460 e. The van der Waals surface area contributed by atoms with Crippen LogP contribution in [0.1, 0.15) is 0 Å². The van der Waals surface area contributed by atoms with Gasteiger partial charge < -0.3 is 0 Å². The fraction of sp³-hybridized carbons (Fsp3) is 1.00. The maximum absolute atomic E-state index is 12.9. The Kier molecular flexibility index (Phi) is 6.06. The van der Waals surface area contributed by atoms with E-state index < -0.39 is 53.4 Å². The van der Waals surface area contributed by atoms with Crippen LogP contribution >= 0.6 is 0 Å². The maximum Gasteiger partial charge on any atom is 0.460 e. The van der Waals surface area contributed by atoms with Gasteiger partial charge in [0.05, 0.1) is 5.34 Å². The molecule has 0 aliphatic rings. The zero-order chi connectivity index (χ0) is 22.7. The lowest BCUT2D eigenvalue weighted by Gasteiger charge is -2.41. The van der Waals surface area contributed by atoms with Crippen molar-refractivity contribution in [3.63, 3.8) is 0 Å². The molecule has 1 atom stereocenters. The second kappa shape index (κ2) is 6.36. The molecule has 0 rings (SSSR count). The minimum atomic E-state index is -8.65. The maximum atomic E-state index is 12.9. The molecule has 1 unspecified atom stereocenters. The summed E-state index contributed by atoms with van der Waals surface area (Å²) in [7, 11) is 0. The van der Waals surface area contributed by atoms with E-state index in [1.807, 2.05) is 0 Å². The summed E-state index contributed by atoms with van der Waals surface area (Å²) in [6.45, 7) is 0. The van der Waals surface area contributed by atoms with Crippen LogP contribution in [0.3, 0.4) is 0 Å². The fourth-order valence-corrected chi connectivity index (χ4v) is 1.25. The van der Waals surface area contributed by atoms with Crippen molar-refractivity contribution in [2.75, 3.05) is 0 Å². The minimum Gasteiger partial charge on any atom is -0.217 e. The molecule has 0 aliphatic heterocycles. The first-order valence-corrected chi connectivity index (χ1v) is 5.44. The van der Waals surface area contributed by atoms with Gasteiger partial charge in [-0.1, -0.05) is 8.96 Å². The first kappa shape index (κ1) is 25.7. The number of hydrogen-bond donors (Lipinski definition) is 0. The summed E-state index contributed by atoms with van der Waals surface area (Å²) < 4.78 is 223. The van der Waals surface area contributed by atoms with Crippen LogP contribution in [0.5, 0.6) is 0 Å². The number of nitrogens with zero attached hydrogens (tertiary/aromatic N) is 1. The average Bonchev–Trinajstić information content (AvgIpc) is 2.43. The van der Waals surface area contributed by atoms with Crippen LogP contribution in [0.2, 0.25) is 0 Å². The molecule has 0 aromatic carbocycles. The number of hydrogen-bond acceptors (Lipinski definition) is 1. The van der Waals surface area contributed by atoms with Gasteiger partial charge in [-0.3, -0.25) is 0 Å². The standard InChI is InChI=1S/C8HF18N/c9-1(27(25)26)2(10,11)3(12,13)4(14,15)5(16,17)6(18,19)7(20,21)8(22,23)24/h1H. The predicted octanol–water partition coefficient (Wildman–Crippen LogP) is 5.73. The number of rotatable bonds is 7. The Morgan fingerprint density at radius 3 is 0.963 bits per heavy atom. The quantitative estimate of drug-likeness (QED) is 0.271. The lowest BCUT2D eigenvalue weighted by atomic mass is 9.91. The molecule has 0 fully saturated rings. The SMILES string of the molecule is FC(N(F)F)C(F)(F)C(F)(F)C(F)(F)C(F)(F)C(F)(F)C(F)(F)C(F)(F)F. The highest BCUT2D eigenvalue weighted by molar-refractivity contribution is 5.13. The molecule has 0 saturated carbocycles.